The zero-order valence-electron chi connectivity index (χ0n) is 30.0. The number of benzene rings is 9. The van der Waals surface area contributed by atoms with Crippen molar-refractivity contribution in [1.82, 2.24) is 0 Å². The highest BCUT2D eigenvalue weighted by Gasteiger charge is 2.41. The van der Waals surface area contributed by atoms with Crippen LogP contribution in [0.5, 0.6) is 0 Å². The van der Waals surface area contributed by atoms with E-state index in [1.807, 2.05) is 0 Å². The first-order valence-electron chi connectivity index (χ1n) is 18.6. The summed E-state index contributed by atoms with van der Waals surface area (Å²) in [5, 5.41) is 10.3. The Labute approximate surface area is 305 Å². The Morgan fingerprint density at radius 1 is 0.288 bits per heavy atom. The van der Waals surface area contributed by atoms with Crippen LogP contribution in [-0.4, -0.2) is 0 Å². The molecule has 2 aliphatic carbocycles. The lowest BCUT2D eigenvalue weighted by Gasteiger charge is -2.24. The fraction of sp³-hybridized carbons (Fsp3) is 0.115. The van der Waals surface area contributed by atoms with Crippen LogP contribution >= 0.6 is 0 Å². The molecule has 0 unspecified atom stereocenters. The molecule has 2 aliphatic rings. The van der Waals surface area contributed by atoms with Crippen LogP contribution in [-0.2, 0) is 10.8 Å². The predicted octanol–water partition coefficient (Wildman–Crippen LogP) is 14.2. The van der Waals surface area contributed by atoms with Crippen molar-refractivity contribution in [3.05, 3.63) is 180 Å². The maximum atomic E-state index is 2.52. The van der Waals surface area contributed by atoms with E-state index < -0.39 is 0 Å². The molecule has 246 valence electrons. The lowest BCUT2D eigenvalue weighted by Crippen LogP contribution is -2.17. The predicted molar refractivity (Wildman–Crippen MR) is 222 cm³/mol. The molecule has 0 amide bonds. The highest BCUT2D eigenvalue weighted by molar-refractivity contribution is 6.25. The fourth-order valence-electron chi connectivity index (χ4n) is 10.1. The molecule has 0 saturated carbocycles. The van der Waals surface area contributed by atoms with Crippen LogP contribution in [0, 0.1) is 0 Å². The van der Waals surface area contributed by atoms with Crippen molar-refractivity contribution in [2.45, 2.75) is 38.5 Å². The Bertz CT molecular complexity index is 2950. The standard InChI is InChI=1S/C52H38/c1-51(2)45-23-12-11-16-36(45)43-29-48-44(30-47(43)51)37-27-25-32(28-46(37)52(48,3)4)49-39-17-7-9-19-41(39)50(42-20-10-8-18-40(42)49)38-22-13-21-34-33-15-6-5-14-31(33)24-26-35(34)38/h5-30H,1-4H3. The lowest BCUT2D eigenvalue weighted by molar-refractivity contribution is 0.652. The average molecular weight is 663 g/mol. The van der Waals surface area contributed by atoms with Gasteiger partial charge in [0.05, 0.1) is 0 Å². The summed E-state index contributed by atoms with van der Waals surface area (Å²) < 4.78 is 0. The van der Waals surface area contributed by atoms with Gasteiger partial charge in [0.15, 0.2) is 0 Å². The van der Waals surface area contributed by atoms with E-state index in [0.29, 0.717) is 0 Å². The van der Waals surface area contributed by atoms with Gasteiger partial charge in [-0.25, -0.2) is 0 Å². The Balaban J connectivity index is 1.15. The molecule has 0 spiro atoms. The highest BCUT2D eigenvalue weighted by atomic mass is 14.4. The molecule has 0 aromatic heterocycles. The molecular weight excluding hydrogens is 625 g/mol. The van der Waals surface area contributed by atoms with Gasteiger partial charge in [0.1, 0.15) is 0 Å². The smallest absolute Gasteiger partial charge is 0.0159 e. The first-order chi connectivity index (χ1) is 25.3. The fourth-order valence-corrected chi connectivity index (χ4v) is 10.1. The molecule has 0 heterocycles. The van der Waals surface area contributed by atoms with Crippen LogP contribution in [0.2, 0.25) is 0 Å². The molecule has 0 aliphatic heterocycles. The van der Waals surface area contributed by atoms with E-state index in [4.69, 9.17) is 0 Å². The van der Waals surface area contributed by atoms with Crippen LogP contribution in [0.3, 0.4) is 0 Å². The summed E-state index contributed by atoms with van der Waals surface area (Å²) in [4.78, 5) is 0. The maximum absolute atomic E-state index is 2.52. The molecule has 9 aromatic rings. The van der Waals surface area contributed by atoms with Crippen LogP contribution < -0.4 is 0 Å². The zero-order chi connectivity index (χ0) is 34.9. The third-order valence-electron chi connectivity index (χ3n) is 12.7. The van der Waals surface area contributed by atoms with Gasteiger partial charge < -0.3 is 0 Å². The second kappa shape index (κ2) is 10.3. The average Bonchev–Trinajstić information content (AvgIpc) is 3.54. The minimum Gasteiger partial charge on any atom is -0.0619 e. The summed E-state index contributed by atoms with van der Waals surface area (Å²) in [7, 11) is 0. The molecule has 0 fully saturated rings. The molecule has 52 heavy (non-hydrogen) atoms. The van der Waals surface area contributed by atoms with Crippen molar-refractivity contribution in [2.24, 2.45) is 0 Å². The van der Waals surface area contributed by atoms with Gasteiger partial charge in [0, 0.05) is 10.8 Å². The van der Waals surface area contributed by atoms with Crippen molar-refractivity contribution in [3.8, 4) is 44.5 Å². The number of hydrogen-bond donors (Lipinski definition) is 0. The second-order valence-electron chi connectivity index (χ2n) is 16.0. The maximum Gasteiger partial charge on any atom is 0.0159 e. The quantitative estimate of drug-likeness (QED) is 0.128. The van der Waals surface area contributed by atoms with E-state index >= 15 is 0 Å². The van der Waals surface area contributed by atoms with E-state index in [-0.39, 0.29) is 10.8 Å². The largest absolute Gasteiger partial charge is 0.0619 e. The molecule has 0 nitrogen and oxygen atoms in total. The SMILES string of the molecule is CC1(C)c2ccccc2-c2cc3c(cc21)-c1ccc(-c2c4ccccc4c(-c4cccc5c4ccc4ccccc45)c4ccccc24)cc1C3(C)C. The molecule has 0 bridgehead atoms. The summed E-state index contributed by atoms with van der Waals surface area (Å²) in [6.07, 6.45) is 0. The molecule has 0 atom stereocenters. The van der Waals surface area contributed by atoms with E-state index in [0.717, 1.165) is 0 Å². The zero-order valence-corrected chi connectivity index (χ0v) is 30.0. The van der Waals surface area contributed by atoms with E-state index in [9.17, 15) is 0 Å². The van der Waals surface area contributed by atoms with Gasteiger partial charge in [-0.15, -0.1) is 0 Å². The first-order valence-corrected chi connectivity index (χ1v) is 18.6. The summed E-state index contributed by atoms with van der Waals surface area (Å²) in [6, 6.07) is 59.6. The Morgan fingerprint density at radius 3 is 1.48 bits per heavy atom. The summed E-state index contributed by atoms with van der Waals surface area (Å²) in [5.41, 5.74) is 16.3. The minimum atomic E-state index is -0.130. The van der Waals surface area contributed by atoms with Crippen LogP contribution in [0.25, 0.3) is 87.6 Å². The van der Waals surface area contributed by atoms with Crippen molar-refractivity contribution < 1.29 is 0 Å². The molecule has 0 N–H and O–H groups in total. The minimum absolute atomic E-state index is 0.0233. The molecule has 11 rings (SSSR count). The van der Waals surface area contributed by atoms with Gasteiger partial charge in [-0.05, 0) is 128 Å². The van der Waals surface area contributed by atoms with Gasteiger partial charge >= 0.3 is 0 Å². The van der Waals surface area contributed by atoms with Crippen LogP contribution in [0.15, 0.2) is 158 Å². The highest BCUT2D eigenvalue weighted by Crippen LogP contribution is 2.57. The molecule has 0 radical (unpaired) electrons. The number of rotatable bonds is 2. The van der Waals surface area contributed by atoms with E-state index in [2.05, 4.69) is 185 Å². The van der Waals surface area contributed by atoms with Crippen molar-refractivity contribution >= 4 is 43.1 Å². The van der Waals surface area contributed by atoms with Crippen molar-refractivity contribution in [3.63, 3.8) is 0 Å². The van der Waals surface area contributed by atoms with Gasteiger partial charge in [0.2, 0.25) is 0 Å². The topological polar surface area (TPSA) is 0 Å². The van der Waals surface area contributed by atoms with E-state index in [1.165, 1.54) is 110 Å². The van der Waals surface area contributed by atoms with E-state index in [1.54, 1.807) is 0 Å². The Hall–Kier alpha value is -5.98. The number of fused-ring (bicyclic) bond motifs is 11. The molecule has 0 saturated heterocycles. The second-order valence-corrected chi connectivity index (χ2v) is 16.0. The Morgan fingerprint density at radius 2 is 0.788 bits per heavy atom. The number of hydrogen-bond acceptors (Lipinski definition) is 0. The molecular formula is C52H38. The summed E-state index contributed by atoms with van der Waals surface area (Å²) in [5.74, 6) is 0. The lowest BCUT2D eigenvalue weighted by atomic mass is 9.78. The van der Waals surface area contributed by atoms with Crippen molar-refractivity contribution in [1.29, 1.82) is 0 Å². The van der Waals surface area contributed by atoms with Gasteiger partial charge in [-0.1, -0.05) is 167 Å². The third kappa shape index (κ3) is 3.82. The van der Waals surface area contributed by atoms with Gasteiger partial charge in [-0.3, -0.25) is 0 Å². The first kappa shape index (κ1) is 29.7. The van der Waals surface area contributed by atoms with Crippen molar-refractivity contribution in [2.75, 3.05) is 0 Å². The van der Waals surface area contributed by atoms with Gasteiger partial charge in [-0.2, -0.15) is 0 Å². The normalized spacial score (nSPS) is 14.8. The van der Waals surface area contributed by atoms with Crippen LogP contribution in [0.4, 0.5) is 0 Å². The third-order valence-corrected chi connectivity index (χ3v) is 12.7. The summed E-state index contributed by atoms with van der Waals surface area (Å²) >= 11 is 0. The van der Waals surface area contributed by atoms with Crippen LogP contribution in [0.1, 0.15) is 49.9 Å². The molecule has 9 aromatic carbocycles. The molecule has 0 heteroatoms. The van der Waals surface area contributed by atoms with Gasteiger partial charge in [0.25, 0.3) is 0 Å². The summed E-state index contributed by atoms with van der Waals surface area (Å²) in [6.45, 7) is 9.61. The monoisotopic (exact) mass is 662 g/mol. The Kier molecular flexibility index (Phi) is 5.89.